The molecule has 0 aliphatic carbocycles. The van der Waals surface area contributed by atoms with Crippen molar-refractivity contribution in [1.82, 2.24) is 9.55 Å². The largest absolute Gasteiger partial charge is 0.376 e. The quantitative estimate of drug-likeness (QED) is 0.808. The van der Waals surface area contributed by atoms with Crippen molar-refractivity contribution in [2.24, 2.45) is 5.92 Å². The fourth-order valence-electron chi connectivity index (χ4n) is 2.51. The molecular weight excluding hydrogens is 324 g/mol. The second-order valence-corrected chi connectivity index (χ2v) is 7.52. The van der Waals surface area contributed by atoms with E-state index in [0.717, 1.165) is 5.41 Å². The number of H-pyrrole nitrogens is 1. The average molecular weight is 344 g/mol. The van der Waals surface area contributed by atoms with Gasteiger partial charge in [0.25, 0.3) is 5.56 Å². The Balaban J connectivity index is 2.32. The maximum Gasteiger partial charge on any atom is 0.330 e. The molecule has 1 aromatic rings. The predicted octanol–water partition coefficient (Wildman–Crippen LogP) is 0.0335. The molecule has 1 aromatic heterocycles. The molecule has 0 aromatic carbocycles. The summed E-state index contributed by atoms with van der Waals surface area (Å²) >= 11 is 0. The van der Waals surface area contributed by atoms with E-state index in [1.165, 1.54) is 30.0 Å². The molecule has 2 heterocycles. The van der Waals surface area contributed by atoms with E-state index in [0.29, 0.717) is 0 Å². The number of sulfone groups is 1. The van der Waals surface area contributed by atoms with Crippen molar-refractivity contribution in [1.29, 1.82) is 0 Å². The first kappa shape index (κ1) is 17.6. The van der Waals surface area contributed by atoms with Gasteiger partial charge in [-0.2, -0.15) is 0 Å². The monoisotopic (exact) mass is 344 g/mol. The third kappa shape index (κ3) is 3.80. The summed E-state index contributed by atoms with van der Waals surface area (Å²) in [4.78, 5) is 25.2. The molecule has 0 spiro atoms. The maximum absolute atomic E-state index is 11.9. The summed E-state index contributed by atoms with van der Waals surface area (Å²) in [5.74, 6) is -0.173. The highest BCUT2D eigenvalue weighted by molar-refractivity contribution is 7.94. The minimum Gasteiger partial charge on any atom is -0.376 e. The van der Waals surface area contributed by atoms with Crippen LogP contribution in [-0.2, 0) is 19.3 Å². The molecule has 1 fully saturated rings. The number of hydrogen-bond acceptors (Lipinski definition) is 6. The first-order valence-corrected chi connectivity index (χ1v) is 8.91. The number of methoxy groups -OCH3 is 1. The van der Waals surface area contributed by atoms with Gasteiger partial charge < -0.3 is 9.47 Å². The molecule has 0 unspecified atom stereocenters. The van der Waals surface area contributed by atoms with Crippen LogP contribution in [0.4, 0.5) is 0 Å². The average Bonchev–Trinajstić information content (AvgIpc) is 2.81. The minimum absolute atomic E-state index is 0.00111. The van der Waals surface area contributed by atoms with Gasteiger partial charge >= 0.3 is 5.69 Å². The molecule has 2 rings (SSSR count). The molecule has 4 atom stereocenters. The van der Waals surface area contributed by atoms with E-state index in [-0.39, 0.29) is 11.7 Å². The molecule has 0 amide bonds. The highest BCUT2D eigenvalue weighted by atomic mass is 32.2. The van der Waals surface area contributed by atoms with Gasteiger partial charge in [0.05, 0.1) is 11.9 Å². The molecule has 8 nitrogen and oxygen atoms in total. The Morgan fingerprint density at radius 1 is 1.43 bits per heavy atom. The van der Waals surface area contributed by atoms with Crippen molar-refractivity contribution in [3.8, 4) is 0 Å². The van der Waals surface area contributed by atoms with Crippen molar-refractivity contribution in [3.05, 3.63) is 44.6 Å². The van der Waals surface area contributed by atoms with Gasteiger partial charge in [-0.1, -0.05) is 13.8 Å². The molecule has 0 radical (unpaired) electrons. The molecule has 23 heavy (non-hydrogen) atoms. The lowest BCUT2D eigenvalue weighted by Gasteiger charge is -2.20. The Morgan fingerprint density at radius 3 is 2.70 bits per heavy atom. The first-order chi connectivity index (χ1) is 10.8. The summed E-state index contributed by atoms with van der Waals surface area (Å²) in [6, 6.07) is 1.22. The van der Waals surface area contributed by atoms with Gasteiger partial charge in [0.15, 0.2) is 16.1 Å². The fraction of sp³-hybridized carbons (Fsp3) is 0.571. The van der Waals surface area contributed by atoms with Crippen molar-refractivity contribution in [3.63, 3.8) is 0 Å². The maximum atomic E-state index is 11.9. The van der Waals surface area contributed by atoms with Crippen LogP contribution < -0.4 is 11.2 Å². The van der Waals surface area contributed by atoms with E-state index in [4.69, 9.17) is 9.47 Å². The van der Waals surface area contributed by atoms with E-state index >= 15 is 0 Å². The third-order valence-electron chi connectivity index (χ3n) is 3.89. The van der Waals surface area contributed by atoms with Crippen LogP contribution in [0.25, 0.3) is 0 Å². The van der Waals surface area contributed by atoms with Crippen LogP contribution in [0.2, 0.25) is 0 Å². The van der Waals surface area contributed by atoms with Crippen molar-refractivity contribution >= 4 is 9.84 Å². The second kappa shape index (κ2) is 6.81. The topological polar surface area (TPSA) is 107 Å². The molecular formula is C14H20N2O6S. The van der Waals surface area contributed by atoms with Gasteiger partial charge in [0, 0.05) is 30.7 Å². The smallest absolute Gasteiger partial charge is 0.330 e. The number of aromatic nitrogens is 2. The molecule has 1 saturated heterocycles. The second-order valence-electron chi connectivity index (χ2n) is 5.35. The lowest BCUT2D eigenvalue weighted by molar-refractivity contribution is -0.0444. The highest BCUT2D eigenvalue weighted by Crippen LogP contribution is 2.35. The van der Waals surface area contributed by atoms with Crippen LogP contribution in [-0.4, -0.2) is 43.0 Å². The van der Waals surface area contributed by atoms with Crippen molar-refractivity contribution in [2.75, 3.05) is 12.9 Å². The Labute approximate surface area is 133 Å². The zero-order valence-corrected chi connectivity index (χ0v) is 13.9. The van der Waals surface area contributed by atoms with Gasteiger partial charge in [-0.25, -0.2) is 13.2 Å². The summed E-state index contributed by atoms with van der Waals surface area (Å²) in [5.41, 5.74) is -1.11. The van der Waals surface area contributed by atoms with Crippen molar-refractivity contribution < 1.29 is 17.9 Å². The van der Waals surface area contributed by atoms with E-state index in [1.807, 2.05) is 6.92 Å². The highest BCUT2D eigenvalue weighted by Gasteiger charge is 2.42. The molecule has 9 heteroatoms. The lowest BCUT2D eigenvalue weighted by atomic mass is 10.0. The predicted molar refractivity (Wildman–Crippen MR) is 83.8 cm³/mol. The van der Waals surface area contributed by atoms with Gasteiger partial charge in [-0.15, -0.1) is 0 Å². The Bertz CT molecular complexity index is 794. The number of nitrogens with zero attached hydrogens (tertiary/aromatic N) is 1. The number of rotatable bonds is 5. The van der Waals surface area contributed by atoms with Crippen LogP contribution >= 0.6 is 0 Å². The zero-order chi connectivity index (χ0) is 17.2. The summed E-state index contributed by atoms with van der Waals surface area (Å²) in [6.45, 7) is 3.40. The van der Waals surface area contributed by atoms with E-state index in [1.54, 1.807) is 6.92 Å². The van der Waals surface area contributed by atoms with Crippen molar-refractivity contribution in [2.45, 2.75) is 32.3 Å². The Morgan fingerprint density at radius 2 is 2.13 bits per heavy atom. The standard InChI is InChI=1S/C14H20N2O6S/c1-4-23(19,20)8-6-10-9(2)12(21-3)13(22-10)16-7-5-11(17)15-14(16)18/h5-10,12-13H,4H2,1-3H3,(H,15,17,18)/b8-6+/t9-,10-,12-,13-/m1/s1. The molecule has 0 bridgehead atoms. The normalized spacial score (nSPS) is 28.5. The summed E-state index contributed by atoms with van der Waals surface area (Å²) in [7, 11) is -1.78. The Kier molecular flexibility index (Phi) is 5.23. The number of nitrogens with one attached hydrogen (secondary N) is 1. The molecule has 0 saturated carbocycles. The van der Waals surface area contributed by atoms with Crippen LogP contribution in [0.1, 0.15) is 20.1 Å². The van der Waals surface area contributed by atoms with E-state index < -0.39 is 39.5 Å². The molecule has 1 aliphatic heterocycles. The fourth-order valence-corrected chi connectivity index (χ4v) is 3.09. The van der Waals surface area contributed by atoms with E-state index in [2.05, 4.69) is 4.98 Å². The van der Waals surface area contributed by atoms with Crippen LogP contribution in [0.15, 0.2) is 33.3 Å². The van der Waals surface area contributed by atoms with Crippen LogP contribution in [0.5, 0.6) is 0 Å². The van der Waals surface area contributed by atoms with Gasteiger partial charge in [-0.3, -0.25) is 14.3 Å². The molecule has 1 aliphatic rings. The van der Waals surface area contributed by atoms with Crippen LogP contribution in [0.3, 0.4) is 0 Å². The van der Waals surface area contributed by atoms with Gasteiger partial charge in [0.2, 0.25) is 0 Å². The lowest BCUT2D eigenvalue weighted by Crippen LogP contribution is -2.36. The Hall–Kier alpha value is -1.71. The minimum atomic E-state index is -3.27. The number of hydrogen-bond donors (Lipinski definition) is 1. The number of ether oxygens (including phenoxy) is 2. The first-order valence-electron chi connectivity index (χ1n) is 7.19. The molecule has 128 valence electrons. The zero-order valence-electron chi connectivity index (χ0n) is 13.1. The summed E-state index contributed by atoms with van der Waals surface area (Å²) < 4.78 is 35.6. The third-order valence-corrected chi connectivity index (χ3v) is 5.27. The SMILES string of the molecule is CCS(=O)(=O)/C=C/[C@H]1O[C@@H](n2ccc(=O)[nH]c2=O)[C@H](OC)[C@@H]1C. The van der Waals surface area contributed by atoms with E-state index in [9.17, 15) is 18.0 Å². The molecule has 1 N–H and O–H groups in total. The number of aromatic amines is 1. The van der Waals surface area contributed by atoms with Gasteiger partial charge in [0.1, 0.15) is 6.10 Å². The van der Waals surface area contributed by atoms with Crippen LogP contribution in [0, 0.1) is 5.92 Å². The summed E-state index contributed by atoms with van der Waals surface area (Å²) in [6.07, 6.45) is 1.06. The van der Waals surface area contributed by atoms with Gasteiger partial charge in [-0.05, 0) is 6.08 Å². The summed E-state index contributed by atoms with van der Waals surface area (Å²) in [5, 5.41) is 1.12.